The van der Waals surface area contributed by atoms with E-state index in [1.54, 1.807) is 0 Å². The maximum Gasteiger partial charge on any atom is 0.191 e. The highest BCUT2D eigenvalue weighted by Crippen LogP contribution is 2.16. The van der Waals surface area contributed by atoms with E-state index in [-0.39, 0.29) is 5.82 Å². The number of nitrogens with zero attached hydrogens (tertiary/aromatic N) is 3. The molecule has 2 heterocycles. The molecule has 0 radical (unpaired) electrons. The number of guanidine groups is 1. The van der Waals surface area contributed by atoms with Gasteiger partial charge < -0.3 is 15.5 Å². The first-order chi connectivity index (χ1) is 10.7. The van der Waals surface area contributed by atoms with Gasteiger partial charge in [0, 0.05) is 51.0 Å². The molecule has 0 bridgehead atoms. The van der Waals surface area contributed by atoms with Crippen LogP contribution in [0.15, 0.2) is 29.3 Å². The lowest BCUT2D eigenvalue weighted by Crippen LogP contribution is -2.49. The van der Waals surface area contributed by atoms with Crippen molar-refractivity contribution in [2.24, 2.45) is 4.99 Å². The van der Waals surface area contributed by atoms with Gasteiger partial charge in [-0.15, -0.1) is 0 Å². The van der Waals surface area contributed by atoms with E-state index >= 15 is 0 Å². The zero-order valence-corrected chi connectivity index (χ0v) is 13.1. The average molecular weight is 305 g/mol. The molecule has 22 heavy (non-hydrogen) atoms. The smallest absolute Gasteiger partial charge is 0.191 e. The highest BCUT2D eigenvalue weighted by atomic mass is 19.1. The first kappa shape index (κ1) is 15.1. The van der Waals surface area contributed by atoms with Gasteiger partial charge in [-0.2, -0.15) is 0 Å². The fraction of sp³-hybridized carbons (Fsp3) is 0.562. The average Bonchev–Trinajstić information content (AvgIpc) is 2.94. The van der Waals surface area contributed by atoms with Crippen LogP contribution in [0.5, 0.6) is 0 Å². The van der Waals surface area contributed by atoms with Gasteiger partial charge in [0.15, 0.2) is 5.96 Å². The molecule has 5 nitrogen and oxygen atoms in total. The molecule has 0 saturated carbocycles. The normalized spacial score (nSPS) is 22.4. The third-order valence-corrected chi connectivity index (χ3v) is 4.19. The van der Waals surface area contributed by atoms with Gasteiger partial charge in [0.05, 0.1) is 6.54 Å². The Balaban J connectivity index is 1.37. The number of aliphatic imine (C=N–C) groups is 1. The van der Waals surface area contributed by atoms with Crippen molar-refractivity contribution in [3.8, 4) is 0 Å². The molecular formula is C16H24FN5. The molecule has 0 amide bonds. The van der Waals surface area contributed by atoms with E-state index in [2.05, 4.69) is 32.3 Å². The number of nitrogens with one attached hydrogen (secondary N) is 2. The van der Waals surface area contributed by atoms with Crippen LogP contribution in [-0.4, -0.2) is 62.7 Å². The van der Waals surface area contributed by atoms with Crippen LogP contribution in [0.4, 0.5) is 10.1 Å². The number of hydrogen-bond acceptors (Lipinski definition) is 5. The molecule has 2 N–H and O–H groups in total. The second-order valence-electron chi connectivity index (χ2n) is 5.97. The molecule has 0 aromatic heterocycles. The standard InChI is InChI=1S/C16H24FN5/c1-13-12-19-16(20-13)18-6-7-21-8-10-22(11-9-21)15-4-2-14(17)3-5-15/h2-5,13H,6-12H2,1H3,(H2,18,19,20). The molecule has 1 atom stereocenters. The van der Waals surface area contributed by atoms with E-state index < -0.39 is 0 Å². The lowest BCUT2D eigenvalue weighted by Gasteiger charge is -2.36. The van der Waals surface area contributed by atoms with Crippen molar-refractivity contribution < 1.29 is 4.39 Å². The van der Waals surface area contributed by atoms with Crippen molar-refractivity contribution in [3.63, 3.8) is 0 Å². The Hall–Kier alpha value is -1.82. The number of piperazine rings is 1. The number of hydrogen-bond donors (Lipinski definition) is 2. The summed E-state index contributed by atoms with van der Waals surface area (Å²) in [6, 6.07) is 7.22. The maximum atomic E-state index is 13.0. The van der Waals surface area contributed by atoms with Crippen LogP contribution in [0.3, 0.4) is 0 Å². The lowest BCUT2D eigenvalue weighted by molar-refractivity contribution is 0.261. The zero-order chi connectivity index (χ0) is 15.4. The van der Waals surface area contributed by atoms with Crippen molar-refractivity contribution >= 4 is 11.6 Å². The highest BCUT2D eigenvalue weighted by molar-refractivity contribution is 5.81. The fourth-order valence-electron chi connectivity index (χ4n) is 2.87. The minimum atomic E-state index is -0.175. The van der Waals surface area contributed by atoms with E-state index in [0.717, 1.165) is 57.5 Å². The van der Waals surface area contributed by atoms with Gasteiger partial charge in [0.25, 0.3) is 0 Å². The minimum absolute atomic E-state index is 0.175. The van der Waals surface area contributed by atoms with Gasteiger partial charge in [-0.3, -0.25) is 9.89 Å². The van der Waals surface area contributed by atoms with Crippen LogP contribution in [-0.2, 0) is 0 Å². The molecule has 1 unspecified atom stereocenters. The first-order valence-electron chi connectivity index (χ1n) is 7.98. The van der Waals surface area contributed by atoms with Crippen molar-refractivity contribution in [1.29, 1.82) is 0 Å². The molecule has 1 aromatic rings. The second-order valence-corrected chi connectivity index (χ2v) is 5.97. The number of halogens is 1. The summed E-state index contributed by atoms with van der Waals surface area (Å²) >= 11 is 0. The summed E-state index contributed by atoms with van der Waals surface area (Å²) < 4.78 is 13.0. The maximum absolute atomic E-state index is 13.0. The van der Waals surface area contributed by atoms with Crippen LogP contribution >= 0.6 is 0 Å². The predicted octanol–water partition coefficient (Wildman–Crippen LogP) is 0.885. The van der Waals surface area contributed by atoms with Gasteiger partial charge in [0.1, 0.15) is 5.82 Å². The minimum Gasteiger partial charge on any atom is -0.369 e. The first-order valence-corrected chi connectivity index (χ1v) is 7.98. The molecule has 2 aliphatic rings. The molecular weight excluding hydrogens is 281 g/mol. The topological polar surface area (TPSA) is 42.9 Å². The SMILES string of the molecule is CC1CN=C(NCCN2CCN(c3ccc(F)cc3)CC2)N1. The van der Waals surface area contributed by atoms with Gasteiger partial charge in [-0.1, -0.05) is 0 Å². The molecule has 3 rings (SSSR count). The Bertz CT molecular complexity index is 508. The third-order valence-electron chi connectivity index (χ3n) is 4.19. The predicted molar refractivity (Wildman–Crippen MR) is 88.0 cm³/mol. The lowest BCUT2D eigenvalue weighted by atomic mass is 10.2. The second kappa shape index (κ2) is 6.96. The van der Waals surface area contributed by atoms with Crippen molar-refractivity contribution in [1.82, 2.24) is 15.5 Å². The van der Waals surface area contributed by atoms with E-state index in [1.165, 1.54) is 12.1 Å². The Morgan fingerprint density at radius 2 is 1.95 bits per heavy atom. The van der Waals surface area contributed by atoms with Crippen molar-refractivity contribution in [2.45, 2.75) is 13.0 Å². The number of benzene rings is 1. The van der Waals surface area contributed by atoms with Crippen LogP contribution in [0.25, 0.3) is 0 Å². The number of rotatable bonds is 4. The summed E-state index contributed by atoms with van der Waals surface area (Å²) in [6.45, 7) is 8.97. The van der Waals surface area contributed by atoms with Gasteiger partial charge in [-0.25, -0.2) is 4.39 Å². The largest absolute Gasteiger partial charge is 0.369 e. The molecule has 120 valence electrons. The number of anilines is 1. The Kier molecular flexibility index (Phi) is 4.77. The van der Waals surface area contributed by atoms with Crippen molar-refractivity contribution in [3.05, 3.63) is 30.1 Å². The summed E-state index contributed by atoms with van der Waals surface area (Å²) in [4.78, 5) is 9.16. The summed E-state index contributed by atoms with van der Waals surface area (Å²) in [5, 5.41) is 6.66. The Morgan fingerprint density at radius 3 is 2.59 bits per heavy atom. The quantitative estimate of drug-likeness (QED) is 0.867. The van der Waals surface area contributed by atoms with Crippen LogP contribution in [0.1, 0.15) is 6.92 Å². The molecule has 1 saturated heterocycles. The van der Waals surface area contributed by atoms with Gasteiger partial charge >= 0.3 is 0 Å². The van der Waals surface area contributed by atoms with Crippen LogP contribution in [0.2, 0.25) is 0 Å². The third kappa shape index (κ3) is 3.88. The van der Waals surface area contributed by atoms with Gasteiger partial charge in [0.2, 0.25) is 0 Å². The Morgan fingerprint density at radius 1 is 1.23 bits per heavy atom. The molecule has 6 heteroatoms. The molecule has 0 spiro atoms. The van der Waals surface area contributed by atoms with E-state index in [0.29, 0.717) is 6.04 Å². The summed E-state index contributed by atoms with van der Waals surface area (Å²) in [5.74, 6) is 0.753. The zero-order valence-electron chi connectivity index (χ0n) is 13.1. The van der Waals surface area contributed by atoms with E-state index in [4.69, 9.17) is 0 Å². The summed E-state index contributed by atoms with van der Waals surface area (Å²) in [5.41, 5.74) is 1.11. The molecule has 1 fully saturated rings. The monoisotopic (exact) mass is 305 g/mol. The van der Waals surface area contributed by atoms with Gasteiger partial charge in [-0.05, 0) is 31.2 Å². The van der Waals surface area contributed by atoms with E-state index in [1.807, 2.05) is 12.1 Å². The Labute approximate surface area is 131 Å². The summed E-state index contributed by atoms with van der Waals surface area (Å²) in [6.07, 6.45) is 0. The fourth-order valence-corrected chi connectivity index (χ4v) is 2.87. The van der Waals surface area contributed by atoms with Crippen LogP contribution in [0, 0.1) is 5.82 Å². The highest BCUT2D eigenvalue weighted by Gasteiger charge is 2.17. The van der Waals surface area contributed by atoms with Crippen molar-refractivity contribution in [2.75, 3.05) is 50.7 Å². The van der Waals surface area contributed by atoms with Crippen LogP contribution < -0.4 is 15.5 Å². The molecule has 1 aromatic carbocycles. The molecule has 2 aliphatic heterocycles. The molecule has 0 aliphatic carbocycles. The summed E-state index contributed by atoms with van der Waals surface area (Å²) in [7, 11) is 0. The van der Waals surface area contributed by atoms with E-state index in [9.17, 15) is 4.39 Å².